The summed E-state index contributed by atoms with van der Waals surface area (Å²) >= 11 is 0. The largest absolute Gasteiger partial charge is 0.495 e. The summed E-state index contributed by atoms with van der Waals surface area (Å²) in [5.41, 5.74) is 1.79. The van der Waals surface area contributed by atoms with Gasteiger partial charge in [0.05, 0.1) is 19.4 Å². The van der Waals surface area contributed by atoms with Crippen LogP contribution < -0.4 is 14.8 Å². The number of hydrogen-bond donors (Lipinski definition) is 1. The smallest absolute Gasteiger partial charge is 0.142 e. The quantitative estimate of drug-likeness (QED) is 0.868. The van der Waals surface area contributed by atoms with Gasteiger partial charge in [-0.05, 0) is 37.3 Å². The van der Waals surface area contributed by atoms with Crippen LogP contribution in [0, 0.1) is 6.07 Å². The molecule has 0 saturated heterocycles. The minimum absolute atomic E-state index is 0.674. The first-order valence-electron chi connectivity index (χ1n) is 5.88. The predicted octanol–water partition coefficient (Wildman–Crippen LogP) is 3.64. The van der Waals surface area contributed by atoms with E-state index >= 15 is 0 Å². The van der Waals surface area contributed by atoms with E-state index in [0.29, 0.717) is 6.61 Å². The maximum atomic E-state index is 5.40. The molecule has 0 aliphatic heterocycles. The van der Waals surface area contributed by atoms with Crippen molar-refractivity contribution in [3.63, 3.8) is 0 Å². The highest BCUT2D eigenvalue weighted by atomic mass is 16.5. The van der Waals surface area contributed by atoms with Gasteiger partial charge in [0.1, 0.15) is 11.5 Å². The predicted molar refractivity (Wildman–Crippen MR) is 72.7 cm³/mol. The first kappa shape index (κ1) is 12.3. The number of anilines is 2. The van der Waals surface area contributed by atoms with Crippen molar-refractivity contribution in [2.24, 2.45) is 0 Å². The zero-order valence-electron chi connectivity index (χ0n) is 10.6. The summed E-state index contributed by atoms with van der Waals surface area (Å²) in [5.74, 6) is 1.64. The van der Waals surface area contributed by atoms with E-state index in [-0.39, 0.29) is 0 Å². The molecule has 1 radical (unpaired) electrons. The molecule has 0 aromatic heterocycles. The van der Waals surface area contributed by atoms with E-state index < -0.39 is 0 Å². The van der Waals surface area contributed by atoms with Gasteiger partial charge >= 0.3 is 0 Å². The molecule has 0 unspecified atom stereocenters. The van der Waals surface area contributed by atoms with E-state index in [1.807, 2.05) is 49.4 Å². The van der Waals surface area contributed by atoms with Crippen molar-refractivity contribution in [2.75, 3.05) is 19.0 Å². The molecule has 0 aliphatic rings. The molecule has 2 aromatic rings. The molecule has 0 heterocycles. The summed E-state index contributed by atoms with van der Waals surface area (Å²) in [6.07, 6.45) is 0. The van der Waals surface area contributed by atoms with E-state index in [2.05, 4.69) is 11.4 Å². The molecule has 0 spiro atoms. The van der Waals surface area contributed by atoms with Crippen LogP contribution in [0.15, 0.2) is 42.5 Å². The third-order valence-electron chi connectivity index (χ3n) is 2.47. The van der Waals surface area contributed by atoms with Crippen LogP contribution in [0.25, 0.3) is 0 Å². The van der Waals surface area contributed by atoms with Crippen LogP contribution in [-0.2, 0) is 0 Å². The molecule has 18 heavy (non-hydrogen) atoms. The van der Waals surface area contributed by atoms with Crippen molar-refractivity contribution in [3.8, 4) is 11.5 Å². The standard InChI is InChI=1S/C15H16NO2/c1-3-18-13-10-8-12(9-11-13)16-14-6-4-5-7-15(14)17-2/h4-5,7-11,16H,3H2,1-2H3. The average Bonchev–Trinajstić information content (AvgIpc) is 2.42. The van der Waals surface area contributed by atoms with E-state index in [4.69, 9.17) is 9.47 Å². The van der Waals surface area contributed by atoms with Crippen LogP contribution in [0.4, 0.5) is 11.4 Å². The molecule has 1 N–H and O–H groups in total. The lowest BCUT2D eigenvalue weighted by Gasteiger charge is -2.11. The van der Waals surface area contributed by atoms with Crippen LogP contribution in [0.5, 0.6) is 11.5 Å². The highest BCUT2D eigenvalue weighted by Gasteiger charge is 2.02. The lowest BCUT2D eigenvalue weighted by molar-refractivity contribution is 0.340. The highest BCUT2D eigenvalue weighted by molar-refractivity contribution is 5.65. The summed E-state index contributed by atoms with van der Waals surface area (Å²) in [4.78, 5) is 0. The fraction of sp³-hybridized carbons (Fsp3) is 0.200. The minimum Gasteiger partial charge on any atom is -0.495 e. The lowest BCUT2D eigenvalue weighted by Crippen LogP contribution is -1.95. The maximum absolute atomic E-state index is 5.40. The Bertz CT molecular complexity index is 494. The summed E-state index contributed by atoms with van der Waals surface area (Å²) in [6.45, 7) is 2.64. The summed E-state index contributed by atoms with van der Waals surface area (Å²) in [7, 11) is 1.65. The number of benzene rings is 2. The van der Waals surface area contributed by atoms with Gasteiger partial charge in [-0.15, -0.1) is 0 Å². The topological polar surface area (TPSA) is 30.5 Å². The first-order valence-corrected chi connectivity index (χ1v) is 5.88. The fourth-order valence-corrected chi connectivity index (χ4v) is 1.63. The van der Waals surface area contributed by atoms with Gasteiger partial charge in [0.2, 0.25) is 0 Å². The van der Waals surface area contributed by atoms with E-state index in [9.17, 15) is 0 Å². The summed E-state index contributed by atoms with van der Waals surface area (Å²) in [5, 5.41) is 3.26. The first-order chi connectivity index (χ1) is 8.83. The fourth-order valence-electron chi connectivity index (χ4n) is 1.63. The Labute approximate surface area is 107 Å². The second kappa shape index (κ2) is 5.96. The van der Waals surface area contributed by atoms with Crippen LogP contribution >= 0.6 is 0 Å². The summed E-state index contributed by atoms with van der Waals surface area (Å²) in [6, 6.07) is 16.5. The number of rotatable bonds is 5. The van der Waals surface area contributed by atoms with Gasteiger partial charge in [0, 0.05) is 11.8 Å². The second-order valence-corrected chi connectivity index (χ2v) is 3.70. The molecule has 0 bridgehead atoms. The Balaban J connectivity index is 2.13. The van der Waals surface area contributed by atoms with Crippen molar-refractivity contribution in [2.45, 2.75) is 6.92 Å². The highest BCUT2D eigenvalue weighted by Crippen LogP contribution is 2.27. The van der Waals surface area contributed by atoms with E-state index in [0.717, 1.165) is 22.9 Å². The molecule has 0 atom stereocenters. The molecule has 2 aromatic carbocycles. The van der Waals surface area contributed by atoms with Gasteiger partial charge in [0.25, 0.3) is 0 Å². The van der Waals surface area contributed by atoms with Crippen molar-refractivity contribution in [1.29, 1.82) is 0 Å². The molecular formula is C15H16NO2. The van der Waals surface area contributed by atoms with E-state index in [1.54, 1.807) is 7.11 Å². The van der Waals surface area contributed by atoms with E-state index in [1.165, 1.54) is 0 Å². The van der Waals surface area contributed by atoms with Gasteiger partial charge in [-0.3, -0.25) is 0 Å². The Morgan fingerprint density at radius 2 is 1.94 bits per heavy atom. The number of ether oxygens (including phenoxy) is 2. The average molecular weight is 242 g/mol. The molecule has 3 nitrogen and oxygen atoms in total. The molecular weight excluding hydrogens is 226 g/mol. The van der Waals surface area contributed by atoms with Crippen LogP contribution in [0.1, 0.15) is 6.92 Å². The Hall–Kier alpha value is -2.16. The van der Waals surface area contributed by atoms with Gasteiger partial charge in [-0.1, -0.05) is 12.1 Å². The van der Waals surface area contributed by atoms with Gasteiger partial charge in [-0.2, -0.15) is 0 Å². The number of nitrogens with one attached hydrogen (secondary N) is 1. The molecule has 2 rings (SSSR count). The Kier molecular flexibility index (Phi) is 4.07. The van der Waals surface area contributed by atoms with Gasteiger partial charge in [0.15, 0.2) is 0 Å². The molecule has 3 heteroatoms. The monoisotopic (exact) mass is 242 g/mol. The van der Waals surface area contributed by atoms with Crippen molar-refractivity contribution in [1.82, 2.24) is 0 Å². The Morgan fingerprint density at radius 1 is 1.17 bits per heavy atom. The second-order valence-electron chi connectivity index (χ2n) is 3.70. The Morgan fingerprint density at radius 3 is 2.61 bits per heavy atom. The van der Waals surface area contributed by atoms with Crippen LogP contribution in [-0.4, -0.2) is 13.7 Å². The maximum Gasteiger partial charge on any atom is 0.142 e. The van der Waals surface area contributed by atoms with Crippen molar-refractivity contribution in [3.05, 3.63) is 48.5 Å². The van der Waals surface area contributed by atoms with Crippen LogP contribution in [0.2, 0.25) is 0 Å². The lowest BCUT2D eigenvalue weighted by atomic mass is 10.2. The zero-order valence-corrected chi connectivity index (χ0v) is 10.6. The van der Waals surface area contributed by atoms with Gasteiger partial charge in [-0.25, -0.2) is 0 Å². The third kappa shape index (κ3) is 2.94. The van der Waals surface area contributed by atoms with Crippen molar-refractivity contribution >= 4 is 11.4 Å². The van der Waals surface area contributed by atoms with Gasteiger partial charge < -0.3 is 14.8 Å². The SMILES string of the molecule is CCOc1ccc(Nc2[c]cccc2OC)cc1. The zero-order chi connectivity index (χ0) is 12.8. The normalized spacial score (nSPS) is 9.89. The molecule has 0 fully saturated rings. The molecule has 0 amide bonds. The van der Waals surface area contributed by atoms with Crippen LogP contribution in [0.3, 0.4) is 0 Å². The minimum atomic E-state index is 0.674. The molecule has 93 valence electrons. The summed E-state index contributed by atoms with van der Waals surface area (Å²) < 4.78 is 10.7. The molecule has 0 saturated carbocycles. The molecule has 0 aliphatic carbocycles. The third-order valence-corrected chi connectivity index (χ3v) is 2.47. The number of methoxy groups -OCH3 is 1. The number of para-hydroxylation sites is 1. The van der Waals surface area contributed by atoms with Crippen molar-refractivity contribution < 1.29 is 9.47 Å². The number of hydrogen-bond acceptors (Lipinski definition) is 3.